The maximum absolute atomic E-state index is 13.1. The van der Waals surface area contributed by atoms with Crippen LogP contribution in [0.1, 0.15) is 37.0 Å². The number of Topliss-reactive ketones (excluding diaryl/α,β-unsaturated/α-hetero) is 1. The molecule has 0 saturated heterocycles. The van der Waals surface area contributed by atoms with E-state index in [-0.39, 0.29) is 18.3 Å². The van der Waals surface area contributed by atoms with Crippen molar-refractivity contribution in [3.05, 3.63) is 35.0 Å². The standard InChI is InChI=1S/C20H25ClF3N3O2.C2HF3O/c1-3-27(9-10-28)8-4-5-13(2)26-18-15-7-6-14(21)11-17(15)25-12-16(18)19(29)20(22,23)24;3-2(4,5)1-6/h6-7,11-13,28H,3-5,8-10H2,1-2H3,(H,25,26);1H. The Kier molecular flexibility index (Phi) is 11.9. The first-order chi connectivity index (χ1) is 16.2. The van der Waals surface area contributed by atoms with E-state index in [0.717, 1.165) is 25.7 Å². The summed E-state index contributed by atoms with van der Waals surface area (Å²) in [6.45, 7) is 6.09. The summed E-state index contributed by atoms with van der Waals surface area (Å²) >= 11 is 5.96. The van der Waals surface area contributed by atoms with Crippen molar-refractivity contribution in [2.45, 2.75) is 45.1 Å². The molecule has 0 bridgehead atoms. The number of hydrogen-bond acceptors (Lipinski definition) is 6. The summed E-state index contributed by atoms with van der Waals surface area (Å²) < 4.78 is 70.5. The Morgan fingerprint density at radius 3 is 2.37 bits per heavy atom. The number of benzene rings is 1. The van der Waals surface area contributed by atoms with Crippen LogP contribution in [0.3, 0.4) is 0 Å². The number of alkyl halides is 6. The average molecular weight is 530 g/mol. The number of hydrogen-bond donors (Lipinski definition) is 2. The summed E-state index contributed by atoms with van der Waals surface area (Å²) in [6.07, 6.45) is -8.28. The third-order valence-corrected chi connectivity index (χ3v) is 5.07. The summed E-state index contributed by atoms with van der Waals surface area (Å²) in [5.41, 5.74) is 0.0184. The Morgan fingerprint density at radius 2 is 1.86 bits per heavy atom. The zero-order valence-corrected chi connectivity index (χ0v) is 19.8. The summed E-state index contributed by atoms with van der Waals surface area (Å²) in [6, 6.07) is 4.48. The van der Waals surface area contributed by atoms with Gasteiger partial charge in [-0.15, -0.1) is 0 Å². The van der Waals surface area contributed by atoms with E-state index in [0.29, 0.717) is 28.9 Å². The van der Waals surface area contributed by atoms with E-state index < -0.39 is 30.0 Å². The molecule has 0 radical (unpaired) electrons. The molecule has 0 amide bonds. The van der Waals surface area contributed by atoms with Crippen LogP contribution in [0.2, 0.25) is 5.02 Å². The fourth-order valence-electron chi connectivity index (χ4n) is 3.16. The SMILES string of the molecule is CCN(CCO)CCCC(C)Nc1c(C(=O)C(F)(F)F)cnc2cc(Cl)ccc12.O=CC(F)(F)F. The lowest BCUT2D eigenvalue weighted by atomic mass is 10.0. The number of halogens is 7. The van der Waals surface area contributed by atoms with Gasteiger partial charge in [0.1, 0.15) is 0 Å². The fraction of sp³-hybridized carbons (Fsp3) is 0.500. The Bertz CT molecular complexity index is 985. The molecular formula is C22H26ClF6N3O3. The molecule has 2 aromatic rings. The van der Waals surface area contributed by atoms with Crippen LogP contribution in [0.5, 0.6) is 0 Å². The fourth-order valence-corrected chi connectivity index (χ4v) is 3.32. The maximum atomic E-state index is 13.1. The molecule has 0 saturated carbocycles. The van der Waals surface area contributed by atoms with E-state index in [2.05, 4.69) is 15.2 Å². The number of rotatable bonds is 10. The van der Waals surface area contributed by atoms with Crippen LogP contribution in [0.4, 0.5) is 32.0 Å². The van der Waals surface area contributed by atoms with Crippen LogP contribution in [0, 0.1) is 0 Å². The number of carbonyl (C=O) groups excluding carboxylic acids is 2. The number of aliphatic hydroxyl groups is 1. The predicted molar refractivity (Wildman–Crippen MR) is 121 cm³/mol. The second-order valence-corrected chi connectivity index (χ2v) is 7.98. The van der Waals surface area contributed by atoms with Gasteiger partial charge in [0.2, 0.25) is 6.29 Å². The normalized spacial score (nSPS) is 12.8. The van der Waals surface area contributed by atoms with Crippen molar-refractivity contribution in [2.24, 2.45) is 0 Å². The molecule has 13 heteroatoms. The minimum atomic E-state index is -4.99. The van der Waals surface area contributed by atoms with Gasteiger partial charge in [-0.3, -0.25) is 14.6 Å². The van der Waals surface area contributed by atoms with Crippen LogP contribution in [0.15, 0.2) is 24.4 Å². The predicted octanol–water partition coefficient (Wildman–Crippen LogP) is 5.28. The molecule has 2 N–H and O–H groups in total. The van der Waals surface area contributed by atoms with Crippen LogP contribution in [-0.4, -0.2) is 71.7 Å². The Morgan fingerprint density at radius 1 is 1.23 bits per heavy atom. The van der Waals surface area contributed by atoms with Crippen molar-refractivity contribution in [1.82, 2.24) is 9.88 Å². The molecule has 0 aliphatic rings. The highest BCUT2D eigenvalue weighted by Gasteiger charge is 2.41. The van der Waals surface area contributed by atoms with Crippen molar-refractivity contribution in [3.8, 4) is 0 Å². The van der Waals surface area contributed by atoms with Gasteiger partial charge in [0.05, 0.1) is 23.4 Å². The Labute approximate surface area is 203 Å². The quantitative estimate of drug-likeness (QED) is 0.248. The number of nitrogens with zero attached hydrogens (tertiary/aromatic N) is 2. The molecule has 1 heterocycles. The molecular weight excluding hydrogens is 504 g/mol. The van der Waals surface area contributed by atoms with Crippen LogP contribution < -0.4 is 5.32 Å². The topological polar surface area (TPSA) is 82.5 Å². The highest BCUT2D eigenvalue weighted by atomic mass is 35.5. The first kappa shape index (κ1) is 30.6. The van der Waals surface area contributed by atoms with Crippen LogP contribution >= 0.6 is 11.6 Å². The molecule has 1 atom stereocenters. The second-order valence-electron chi connectivity index (χ2n) is 7.54. The van der Waals surface area contributed by atoms with Crippen LogP contribution in [0.25, 0.3) is 10.9 Å². The number of aromatic nitrogens is 1. The van der Waals surface area contributed by atoms with Crippen molar-refractivity contribution in [3.63, 3.8) is 0 Å². The highest BCUT2D eigenvalue weighted by Crippen LogP contribution is 2.33. The van der Waals surface area contributed by atoms with E-state index in [1.165, 1.54) is 0 Å². The molecule has 0 aliphatic carbocycles. The zero-order chi connectivity index (χ0) is 26.8. The summed E-state index contributed by atoms with van der Waals surface area (Å²) in [5.74, 6) is -1.93. The molecule has 2 rings (SSSR count). The number of likely N-dealkylation sites (N-methyl/N-ethyl adjacent to an activating group) is 1. The Hall–Kier alpha value is -2.44. The first-order valence-corrected chi connectivity index (χ1v) is 10.9. The maximum Gasteiger partial charge on any atom is 0.455 e. The first-order valence-electron chi connectivity index (χ1n) is 10.6. The summed E-state index contributed by atoms with van der Waals surface area (Å²) in [4.78, 5) is 26.7. The van der Waals surface area contributed by atoms with Gasteiger partial charge in [-0.25, -0.2) is 0 Å². The number of carbonyl (C=O) groups is 2. The monoisotopic (exact) mass is 529 g/mol. The zero-order valence-electron chi connectivity index (χ0n) is 19.0. The summed E-state index contributed by atoms with van der Waals surface area (Å²) in [5, 5.41) is 12.9. The molecule has 1 aromatic heterocycles. The van der Waals surface area contributed by atoms with Crippen molar-refractivity contribution < 1.29 is 41.0 Å². The van der Waals surface area contributed by atoms with E-state index in [9.17, 15) is 31.1 Å². The number of aliphatic hydroxyl groups excluding tert-OH is 1. The lowest BCUT2D eigenvalue weighted by molar-refractivity contribution is -0.156. The second kappa shape index (κ2) is 13.6. The van der Waals surface area contributed by atoms with Crippen molar-refractivity contribution >= 4 is 40.3 Å². The third-order valence-electron chi connectivity index (χ3n) is 4.83. The molecule has 196 valence electrons. The molecule has 0 aliphatic heterocycles. The largest absolute Gasteiger partial charge is 0.455 e. The average Bonchev–Trinajstić information content (AvgIpc) is 2.77. The van der Waals surface area contributed by atoms with Gasteiger partial charge < -0.3 is 15.3 Å². The van der Waals surface area contributed by atoms with Crippen LogP contribution in [-0.2, 0) is 4.79 Å². The van der Waals surface area contributed by atoms with E-state index in [1.54, 1.807) is 18.2 Å². The smallest absolute Gasteiger partial charge is 0.395 e. The molecule has 35 heavy (non-hydrogen) atoms. The molecule has 6 nitrogen and oxygen atoms in total. The minimum Gasteiger partial charge on any atom is -0.395 e. The number of pyridine rings is 1. The lowest BCUT2D eigenvalue weighted by Crippen LogP contribution is -2.29. The third kappa shape index (κ3) is 10.4. The number of fused-ring (bicyclic) bond motifs is 1. The number of anilines is 1. The van der Waals surface area contributed by atoms with Crippen molar-refractivity contribution in [2.75, 3.05) is 31.6 Å². The van der Waals surface area contributed by atoms with E-state index >= 15 is 0 Å². The van der Waals surface area contributed by atoms with Gasteiger partial charge in [0.25, 0.3) is 5.78 Å². The van der Waals surface area contributed by atoms with Crippen molar-refractivity contribution in [1.29, 1.82) is 0 Å². The van der Waals surface area contributed by atoms with Gasteiger partial charge in [-0.05, 0) is 51.1 Å². The lowest BCUT2D eigenvalue weighted by Gasteiger charge is -2.22. The van der Waals surface area contributed by atoms with Gasteiger partial charge >= 0.3 is 12.4 Å². The van der Waals surface area contributed by atoms with Gasteiger partial charge in [-0.2, -0.15) is 26.3 Å². The van der Waals surface area contributed by atoms with E-state index in [1.807, 2.05) is 13.8 Å². The highest BCUT2D eigenvalue weighted by molar-refractivity contribution is 6.31. The number of aldehydes is 1. The Balaban J connectivity index is 0.000000905. The summed E-state index contributed by atoms with van der Waals surface area (Å²) in [7, 11) is 0. The molecule has 1 aromatic carbocycles. The van der Waals surface area contributed by atoms with E-state index in [4.69, 9.17) is 21.5 Å². The minimum absolute atomic E-state index is 0.0795. The molecule has 0 fully saturated rings. The molecule has 1 unspecified atom stereocenters. The number of ketones is 1. The molecule has 0 spiro atoms. The van der Waals surface area contributed by atoms with Gasteiger partial charge in [-0.1, -0.05) is 18.5 Å². The van der Waals surface area contributed by atoms with Gasteiger partial charge in [0.15, 0.2) is 0 Å². The van der Waals surface area contributed by atoms with Gasteiger partial charge in [0, 0.05) is 29.2 Å². The number of nitrogens with one attached hydrogen (secondary N) is 1.